The Kier molecular flexibility index (Phi) is 28.1. The molecular weight excluding hydrogens is 459 g/mol. The highest BCUT2D eigenvalue weighted by molar-refractivity contribution is 8.93. The molecule has 0 aliphatic carbocycles. The molecule has 190 valence electrons. The van der Waals surface area contributed by atoms with Crippen LogP contribution in [0.15, 0.2) is 0 Å². The van der Waals surface area contributed by atoms with E-state index in [9.17, 15) is 0 Å². The van der Waals surface area contributed by atoms with Gasteiger partial charge in [0.1, 0.15) is 0 Å². The molecule has 0 saturated carbocycles. The number of hydrogen-bond acceptors (Lipinski definition) is 0. The van der Waals surface area contributed by atoms with Crippen molar-refractivity contribution in [3.05, 3.63) is 0 Å². The lowest BCUT2D eigenvalue weighted by Gasteiger charge is -2.39. The van der Waals surface area contributed by atoms with E-state index in [1.807, 2.05) is 0 Å². The third-order valence-electron chi connectivity index (χ3n) is 7.35. The van der Waals surface area contributed by atoms with Crippen LogP contribution in [0.1, 0.15) is 175 Å². The van der Waals surface area contributed by atoms with E-state index in [0.29, 0.717) is 5.16 Å². The highest BCUT2D eigenvalue weighted by atomic mass is 79.9. The third-order valence-corrected chi connectivity index (χ3v) is 8.40. The van der Waals surface area contributed by atoms with Gasteiger partial charge in [-0.15, -0.1) is 26.2 Å². The van der Waals surface area contributed by atoms with Crippen molar-refractivity contribution in [2.75, 3.05) is 0 Å². The fourth-order valence-corrected chi connectivity index (χ4v) is 5.98. The van der Waals surface area contributed by atoms with Gasteiger partial charge in [0.05, 0.1) is 0 Å². The first-order chi connectivity index (χ1) is 14.6. The number of unbranched alkanes of at least 4 members (excludes halogenated alkanes) is 15. The molecule has 0 aliphatic rings. The summed E-state index contributed by atoms with van der Waals surface area (Å²) in [5.41, 5.74) is 0. The molecule has 0 bridgehead atoms. The van der Waals surface area contributed by atoms with Crippen molar-refractivity contribution in [3.63, 3.8) is 0 Å². The SMILES string of the molecule is Br.CCCCCCCCC(CCC)C(P)(CCCCCCCC)CCCCCCCC. The fraction of sp³-hybridized carbons (Fsp3) is 1.00. The number of rotatable bonds is 24. The van der Waals surface area contributed by atoms with E-state index in [-0.39, 0.29) is 17.0 Å². The predicted octanol–water partition coefficient (Wildman–Crippen LogP) is 11.8. The summed E-state index contributed by atoms with van der Waals surface area (Å²) in [6, 6.07) is 0. The first-order valence-corrected chi connectivity index (χ1v) is 15.0. The molecule has 0 spiro atoms. The molecule has 0 aromatic carbocycles. The quantitative estimate of drug-likeness (QED) is 0.0875. The molecule has 0 heterocycles. The molecule has 0 radical (unpaired) electrons. The topological polar surface area (TPSA) is 0 Å². The van der Waals surface area contributed by atoms with Crippen LogP contribution >= 0.6 is 26.2 Å². The van der Waals surface area contributed by atoms with Gasteiger partial charge in [0, 0.05) is 0 Å². The Balaban J connectivity index is 0. The van der Waals surface area contributed by atoms with Crippen LogP contribution in [0.4, 0.5) is 0 Å². The first-order valence-electron chi connectivity index (χ1n) is 14.4. The van der Waals surface area contributed by atoms with Crippen LogP contribution in [-0.4, -0.2) is 5.16 Å². The summed E-state index contributed by atoms with van der Waals surface area (Å²) < 4.78 is 0. The Morgan fingerprint density at radius 3 is 1.19 bits per heavy atom. The van der Waals surface area contributed by atoms with Crippen molar-refractivity contribution in [3.8, 4) is 0 Å². The predicted molar refractivity (Wildman–Crippen MR) is 155 cm³/mol. The summed E-state index contributed by atoms with van der Waals surface area (Å²) in [6.45, 7) is 9.39. The van der Waals surface area contributed by atoms with Crippen LogP contribution in [0.5, 0.6) is 0 Å². The zero-order valence-electron chi connectivity index (χ0n) is 22.3. The third kappa shape index (κ3) is 20.0. The highest BCUT2D eigenvalue weighted by Gasteiger charge is 2.32. The Hall–Kier alpha value is 0.910. The summed E-state index contributed by atoms with van der Waals surface area (Å²) in [6.07, 6.45) is 33.1. The van der Waals surface area contributed by atoms with Gasteiger partial charge in [-0.2, -0.15) is 0 Å². The maximum atomic E-state index is 3.46. The molecule has 0 N–H and O–H groups in total. The lowest BCUT2D eigenvalue weighted by atomic mass is 9.77. The molecule has 2 atom stereocenters. The maximum Gasteiger partial charge on any atom is -0.0122 e. The van der Waals surface area contributed by atoms with Crippen LogP contribution in [-0.2, 0) is 0 Å². The van der Waals surface area contributed by atoms with E-state index >= 15 is 0 Å². The molecule has 0 fully saturated rings. The molecule has 0 aromatic rings. The van der Waals surface area contributed by atoms with Gasteiger partial charge in [0.2, 0.25) is 0 Å². The van der Waals surface area contributed by atoms with E-state index in [2.05, 4.69) is 36.9 Å². The molecule has 2 unspecified atom stereocenters. The minimum absolute atomic E-state index is 0. The van der Waals surface area contributed by atoms with Crippen LogP contribution in [0, 0.1) is 5.92 Å². The largest absolute Gasteiger partial charge is 0.131 e. The van der Waals surface area contributed by atoms with Crippen LogP contribution < -0.4 is 0 Å². The summed E-state index contributed by atoms with van der Waals surface area (Å²) in [7, 11) is 3.46. The lowest BCUT2D eigenvalue weighted by Crippen LogP contribution is -2.32. The standard InChI is InChI=1S/C29H61P.BrH/c1-5-9-12-15-18-21-25-28(24-8-4)29(30,26-22-19-16-13-10-6-2)27-23-20-17-14-11-7-3;/h28H,5-27,30H2,1-4H3;1H. The van der Waals surface area contributed by atoms with Crippen LogP contribution in [0.2, 0.25) is 0 Å². The molecule has 0 saturated heterocycles. The zero-order chi connectivity index (χ0) is 22.3. The van der Waals surface area contributed by atoms with Gasteiger partial charge in [-0.1, -0.05) is 150 Å². The van der Waals surface area contributed by atoms with Gasteiger partial charge in [0.25, 0.3) is 0 Å². The second kappa shape index (κ2) is 25.5. The number of halogens is 1. The first kappa shape index (κ1) is 34.1. The average molecular weight is 522 g/mol. The van der Waals surface area contributed by atoms with Gasteiger partial charge in [-0.05, 0) is 36.8 Å². The summed E-state index contributed by atoms with van der Waals surface area (Å²) in [5, 5.41) is 0.523. The van der Waals surface area contributed by atoms with E-state index < -0.39 is 0 Å². The highest BCUT2D eigenvalue weighted by Crippen LogP contribution is 2.43. The number of hydrogen-bond donors (Lipinski definition) is 0. The molecular formula is C29H62BrP. The van der Waals surface area contributed by atoms with Crippen molar-refractivity contribution in [2.24, 2.45) is 5.92 Å². The molecule has 0 rings (SSSR count). The Bertz CT molecular complexity index is 315. The Morgan fingerprint density at radius 2 is 0.806 bits per heavy atom. The fourth-order valence-electron chi connectivity index (χ4n) is 5.24. The van der Waals surface area contributed by atoms with Gasteiger partial charge < -0.3 is 0 Å². The lowest BCUT2D eigenvalue weighted by molar-refractivity contribution is 0.274. The van der Waals surface area contributed by atoms with Crippen molar-refractivity contribution < 1.29 is 0 Å². The monoisotopic (exact) mass is 520 g/mol. The molecule has 0 aliphatic heterocycles. The minimum Gasteiger partial charge on any atom is -0.131 e. The van der Waals surface area contributed by atoms with Gasteiger partial charge in [0.15, 0.2) is 0 Å². The van der Waals surface area contributed by atoms with Crippen molar-refractivity contribution in [2.45, 2.75) is 181 Å². The van der Waals surface area contributed by atoms with Gasteiger partial charge in [-0.25, -0.2) is 0 Å². The summed E-state index contributed by atoms with van der Waals surface area (Å²) in [5.74, 6) is 0.935. The molecule has 0 nitrogen and oxygen atoms in total. The van der Waals surface area contributed by atoms with E-state index in [4.69, 9.17) is 0 Å². The Morgan fingerprint density at radius 1 is 0.452 bits per heavy atom. The van der Waals surface area contributed by atoms with Crippen molar-refractivity contribution in [1.29, 1.82) is 0 Å². The average Bonchev–Trinajstić information content (AvgIpc) is 2.74. The van der Waals surface area contributed by atoms with Gasteiger partial charge >= 0.3 is 0 Å². The maximum absolute atomic E-state index is 3.46. The normalized spacial score (nSPS) is 12.7. The molecule has 0 aromatic heterocycles. The molecule has 0 amide bonds. The van der Waals surface area contributed by atoms with E-state index in [1.165, 1.54) is 148 Å². The molecule has 31 heavy (non-hydrogen) atoms. The smallest absolute Gasteiger partial charge is 0.0122 e. The second-order valence-corrected chi connectivity index (χ2v) is 11.5. The van der Waals surface area contributed by atoms with Crippen molar-refractivity contribution in [1.82, 2.24) is 0 Å². The zero-order valence-corrected chi connectivity index (χ0v) is 25.2. The van der Waals surface area contributed by atoms with E-state index in [1.54, 1.807) is 0 Å². The summed E-state index contributed by atoms with van der Waals surface area (Å²) in [4.78, 5) is 0. The minimum atomic E-state index is 0. The summed E-state index contributed by atoms with van der Waals surface area (Å²) >= 11 is 0. The van der Waals surface area contributed by atoms with Crippen LogP contribution in [0.3, 0.4) is 0 Å². The van der Waals surface area contributed by atoms with Crippen molar-refractivity contribution >= 4 is 26.2 Å². The molecule has 2 heteroatoms. The van der Waals surface area contributed by atoms with Crippen LogP contribution in [0.25, 0.3) is 0 Å². The second-order valence-electron chi connectivity index (χ2n) is 10.3. The van der Waals surface area contributed by atoms with E-state index in [0.717, 1.165) is 5.92 Å². The van der Waals surface area contributed by atoms with Gasteiger partial charge in [-0.3, -0.25) is 0 Å². The Labute approximate surface area is 212 Å².